The third-order valence-corrected chi connectivity index (χ3v) is 3.34. The molecule has 2 heterocycles. The van der Waals surface area contributed by atoms with Gasteiger partial charge in [0.05, 0.1) is 22.3 Å². The van der Waals surface area contributed by atoms with Crippen molar-refractivity contribution in [2.24, 2.45) is 0 Å². The average molecular weight is 312 g/mol. The van der Waals surface area contributed by atoms with Crippen molar-refractivity contribution >= 4 is 23.2 Å². The van der Waals surface area contributed by atoms with Gasteiger partial charge in [-0.1, -0.05) is 29.3 Å². The van der Waals surface area contributed by atoms with Gasteiger partial charge in [-0.3, -0.25) is 14.9 Å². The molecule has 0 fully saturated rings. The maximum Gasteiger partial charge on any atom is 0.0731 e. The third kappa shape index (κ3) is 4.42. The lowest BCUT2D eigenvalue weighted by atomic mass is 10.2. The Labute approximate surface area is 128 Å². The number of aliphatic hydroxyl groups excluding tert-OH is 1. The molecule has 106 valence electrons. The van der Waals surface area contributed by atoms with Crippen molar-refractivity contribution < 1.29 is 5.11 Å². The van der Waals surface area contributed by atoms with E-state index in [4.69, 9.17) is 23.2 Å². The molecule has 1 N–H and O–H groups in total. The first kappa shape index (κ1) is 15.2. The molecular weight excluding hydrogens is 297 g/mol. The molecule has 0 radical (unpaired) electrons. The second-order valence-corrected chi connectivity index (χ2v) is 5.22. The molecule has 6 heteroatoms. The highest BCUT2D eigenvalue weighted by Crippen LogP contribution is 2.20. The van der Waals surface area contributed by atoms with Crippen LogP contribution in [0.25, 0.3) is 0 Å². The van der Waals surface area contributed by atoms with Gasteiger partial charge < -0.3 is 5.11 Å². The fraction of sp³-hybridized carbons (Fsp3) is 0.286. The predicted molar refractivity (Wildman–Crippen MR) is 79.7 cm³/mol. The summed E-state index contributed by atoms with van der Waals surface area (Å²) in [5, 5.41) is 10.2. The van der Waals surface area contributed by atoms with Gasteiger partial charge in [0, 0.05) is 38.2 Å². The van der Waals surface area contributed by atoms with Crippen LogP contribution in [0.3, 0.4) is 0 Å². The lowest BCUT2D eigenvalue weighted by Crippen LogP contribution is -2.26. The van der Waals surface area contributed by atoms with Gasteiger partial charge in [0.1, 0.15) is 0 Å². The summed E-state index contributed by atoms with van der Waals surface area (Å²) in [6, 6.07) is 5.56. The molecule has 2 rings (SSSR count). The second kappa shape index (κ2) is 7.55. The molecule has 0 spiro atoms. The Morgan fingerprint density at radius 3 is 2.70 bits per heavy atom. The average Bonchev–Trinajstić information content (AvgIpc) is 2.43. The molecule has 0 unspecified atom stereocenters. The highest BCUT2D eigenvalue weighted by Gasteiger charge is 2.10. The highest BCUT2D eigenvalue weighted by atomic mass is 35.5. The van der Waals surface area contributed by atoms with Crippen LogP contribution in [0.5, 0.6) is 0 Å². The fourth-order valence-corrected chi connectivity index (χ4v) is 2.32. The molecule has 0 bridgehead atoms. The van der Waals surface area contributed by atoms with Crippen molar-refractivity contribution in [3.05, 3.63) is 58.1 Å². The van der Waals surface area contributed by atoms with E-state index < -0.39 is 0 Å². The minimum atomic E-state index is 0.0749. The number of halogens is 2. The Hall–Kier alpha value is -1.20. The van der Waals surface area contributed by atoms with E-state index in [1.165, 1.54) is 0 Å². The second-order valence-electron chi connectivity index (χ2n) is 4.38. The molecule has 4 nitrogen and oxygen atoms in total. The zero-order valence-corrected chi connectivity index (χ0v) is 12.3. The first-order valence-corrected chi connectivity index (χ1v) is 6.96. The Kier molecular flexibility index (Phi) is 5.73. The molecule has 2 aromatic rings. The van der Waals surface area contributed by atoms with Crippen molar-refractivity contribution in [2.45, 2.75) is 13.1 Å². The number of rotatable bonds is 6. The Morgan fingerprint density at radius 1 is 1.20 bits per heavy atom. The lowest BCUT2D eigenvalue weighted by Gasteiger charge is -2.21. The van der Waals surface area contributed by atoms with Crippen molar-refractivity contribution in [2.75, 3.05) is 13.2 Å². The number of nitrogens with zero attached hydrogens (tertiary/aromatic N) is 3. The molecule has 2 aromatic heterocycles. The maximum atomic E-state index is 9.17. The van der Waals surface area contributed by atoms with E-state index in [-0.39, 0.29) is 6.61 Å². The zero-order valence-electron chi connectivity index (χ0n) is 10.8. The summed E-state index contributed by atoms with van der Waals surface area (Å²) in [5.41, 5.74) is 1.82. The van der Waals surface area contributed by atoms with Gasteiger partial charge >= 0.3 is 0 Å². The van der Waals surface area contributed by atoms with Gasteiger partial charge in [0.25, 0.3) is 0 Å². The molecular formula is C14H15Cl2N3O. The summed E-state index contributed by atoms with van der Waals surface area (Å²) in [6.07, 6.45) is 5.11. The van der Waals surface area contributed by atoms with Crippen LogP contribution in [0, 0.1) is 0 Å². The fourth-order valence-electron chi connectivity index (χ4n) is 1.88. The van der Waals surface area contributed by atoms with E-state index in [9.17, 15) is 5.11 Å². The van der Waals surface area contributed by atoms with Crippen LogP contribution >= 0.6 is 23.2 Å². The van der Waals surface area contributed by atoms with Gasteiger partial charge in [-0.05, 0) is 17.7 Å². The van der Waals surface area contributed by atoms with E-state index in [1.807, 2.05) is 12.1 Å². The molecule has 0 aliphatic carbocycles. The smallest absolute Gasteiger partial charge is 0.0731 e. The molecule has 0 saturated heterocycles. The monoisotopic (exact) mass is 311 g/mol. The number of aliphatic hydroxyl groups is 1. The van der Waals surface area contributed by atoms with Gasteiger partial charge in [0.15, 0.2) is 0 Å². The van der Waals surface area contributed by atoms with Crippen LogP contribution in [0.4, 0.5) is 0 Å². The quantitative estimate of drug-likeness (QED) is 0.891. The number of hydrogen-bond donors (Lipinski definition) is 1. The SMILES string of the molecule is OCCN(Cc1cccnc1)Cc1ncc(Cl)cc1Cl. The Bertz CT molecular complexity index is 551. The zero-order chi connectivity index (χ0) is 14.4. The molecule has 0 amide bonds. The van der Waals surface area contributed by atoms with Crippen LogP contribution in [0.15, 0.2) is 36.8 Å². The first-order chi connectivity index (χ1) is 9.69. The number of hydrogen-bond acceptors (Lipinski definition) is 4. The van der Waals surface area contributed by atoms with Crippen LogP contribution < -0.4 is 0 Å². The maximum absolute atomic E-state index is 9.17. The minimum absolute atomic E-state index is 0.0749. The van der Waals surface area contributed by atoms with Crippen molar-refractivity contribution in [3.63, 3.8) is 0 Å². The topological polar surface area (TPSA) is 49.2 Å². The minimum Gasteiger partial charge on any atom is -0.395 e. The summed E-state index contributed by atoms with van der Waals surface area (Å²) < 4.78 is 0. The standard InChI is InChI=1S/C14H15Cl2N3O/c15-12-6-13(16)14(18-8-12)10-19(4-5-20)9-11-2-1-3-17-7-11/h1-3,6-8,20H,4-5,9-10H2. The van der Waals surface area contributed by atoms with E-state index in [1.54, 1.807) is 24.7 Å². The number of aromatic nitrogens is 2. The van der Waals surface area contributed by atoms with Crippen LogP contribution in [-0.4, -0.2) is 33.1 Å². The Balaban J connectivity index is 2.09. The molecule has 0 atom stereocenters. The predicted octanol–water partition coefficient (Wildman–Crippen LogP) is 2.78. The van der Waals surface area contributed by atoms with Gasteiger partial charge in [-0.2, -0.15) is 0 Å². The number of pyridine rings is 2. The molecule has 20 heavy (non-hydrogen) atoms. The van der Waals surface area contributed by atoms with Crippen molar-refractivity contribution in [1.82, 2.24) is 14.9 Å². The van der Waals surface area contributed by atoms with Crippen LogP contribution in [0.2, 0.25) is 10.0 Å². The normalized spacial score (nSPS) is 11.0. The van der Waals surface area contributed by atoms with Crippen LogP contribution in [0.1, 0.15) is 11.3 Å². The van der Waals surface area contributed by atoms with Crippen LogP contribution in [-0.2, 0) is 13.1 Å². The summed E-state index contributed by atoms with van der Waals surface area (Å²) in [6.45, 7) is 1.83. The summed E-state index contributed by atoms with van der Waals surface area (Å²) in [4.78, 5) is 10.4. The van der Waals surface area contributed by atoms with Gasteiger partial charge in [-0.15, -0.1) is 0 Å². The van der Waals surface area contributed by atoms with E-state index in [0.29, 0.717) is 29.7 Å². The summed E-state index contributed by atoms with van der Waals surface area (Å²) in [5.74, 6) is 0. The Morgan fingerprint density at radius 2 is 2.05 bits per heavy atom. The van der Waals surface area contributed by atoms with E-state index >= 15 is 0 Å². The lowest BCUT2D eigenvalue weighted by molar-refractivity contribution is 0.183. The molecule has 0 aromatic carbocycles. The largest absolute Gasteiger partial charge is 0.395 e. The summed E-state index contributed by atoms with van der Waals surface area (Å²) in [7, 11) is 0. The highest BCUT2D eigenvalue weighted by molar-refractivity contribution is 6.34. The molecule has 0 aliphatic heterocycles. The van der Waals surface area contributed by atoms with E-state index in [2.05, 4.69) is 14.9 Å². The van der Waals surface area contributed by atoms with Gasteiger partial charge in [-0.25, -0.2) is 0 Å². The third-order valence-electron chi connectivity index (χ3n) is 2.80. The van der Waals surface area contributed by atoms with Crippen molar-refractivity contribution in [1.29, 1.82) is 0 Å². The molecule has 0 saturated carbocycles. The first-order valence-electron chi connectivity index (χ1n) is 6.21. The summed E-state index contributed by atoms with van der Waals surface area (Å²) >= 11 is 12.0. The molecule has 0 aliphatic rings. The van der Waals surface area contributed by atoms with Gasteiger partial charge in [0.2, 0.25) is 0 Å². The van der Waals surface area contributed by atoms with Crippen molar-refractivity contribution in [3.8, 4) is 0 Å². The van der Waals surface area contributed by atoms with E-state index in [0.717, 1.165) is 11.3 Å².